The van der Waals surface area contributed by atoms with Crippen LogP contribution in [0.5, 0.6) is 0 Å². The fourth-order valence-corrected chi connectivity index (χ4v) is 2.26. The molecule has 0 aliphatic carbocycles. The molecular formula is C12H19NS. The van der Waals surface area contributed by atoms with E-state index in [1.165, 1.54) is 16.9 Å². The van der Waals surface area contributed by atoms with Gasteiger partial charge in [0.25, 0.3) is 0 Å². The van der Waals surface area contributed by atoms with Gasteiger partial charge in [0.15, 0.2) is 0 Å². The summed E-state index contributed by atoms with van der Waals surface area (Å²) in [4.78, 5) is 0. The highest BCUT2D eigenvalue weighted by molar-refractivity contribution is 7.98. The molecular weight excluding hydrogens is 190 g/mol. The number of thioether (sulfide) groups is 1. The van der Waals surface area contributed by atoms with Crippen molar-refractivity contribution < 1.29 is 0 Å². The predicted molar refractivity (Wildman–Crippen MR) is 66.1 cm³/mol. The van der Waals surface area contributed by atoms with E-state index in [-0.39, 0.29) is 0 Å². The predicted octanol–water partition coefficient (Wildman–Crippen LogP) is 2.49. The largest absolute Gasteiger partial charge is 0.316 e. The number of nitrogens with one attached hydrogen (secondary N) is 1. The molecule has 0 aromatic heterocycles. The maximum Gasteiger partial charge on any atom is 0.0195 e. The van der Waals surface area contributed by atoms with Crippen LogP contribution in [0.3, 0.4) is 0 Å². The van der Waals surface area contributed by atoms with Crippen molar-refractivity contribution in [2.75, 3.05) is 19.1 Å². The molecule has 0 bridgehead atoms. The highest BCUT2D eigenvalue weighted by atomic mass is 32.2. The van der Waals surface area contributed by atoms with Gasteiger partial charge in [-0.1, -0.05) is 29.8 Å². The van der Waals surface area contributed by atoms with Crippen molar-refractivity contribution >= 4 is 11.8 Å². The molecule has 1 rings (SSSR count). The minimum absolute atomic E-state index is 0.590. The van der Waals surface area contributed by atoms with Gasteiger partial charge in [-0.2, -0.15) is 11.8 Å². The van der Waals surface area contributed by atoms with Gasteiger partial charge in [0.2, 0.25) is 0 Å². The molecule has 1 aromatic carbocycles. The maximum atomic E-state index is 3.35. The van der Waals surface area contributed by atoms with Crippen molar-refractivity contribution in [1.29, 1.82) is 0 Å². The first-order valence-electron chi connectivity index (χ1n) is 4.98. The molecule has 0 fully saturated rings. The average Bonchev–Trinajstić information content (AvgIpc) is 2.17. The molecule has 0 radical (unpaired) electrons. The first-order chi connectivity index (χ1) is 6.76. The lowest BCUT2D eigenvalue weighted by Crippen LogP contribution is -2.29. The summed E-state index contributed by atoms with van der Waals surface area (Å²) in [5, 5.41) is 3.35. The second-order valence-corrected chi connectivity index (χ2v) is 4.54. The molecule has 1 atom stereocenters. The van der Waals surface area contributed by atoms with Gasteiger partial charge < -0.3 is 5.32 Å². The van der Waals surface area contributed by atoms with E-state index in [0.717, 1.165) is 6.42 Å². The van der Waals surface area contributed by atoms with Crippen LogP contribution in [-0.4, -0.2) is 25.1 Å². The summed E-state index contributed by atoms with van der Waals surface area (Å²) in [7, 11) is 2.04. The lowest BCUT2D eigenvalue weighted by Gasteiger charge is -2.14. The van der Waals surface area contributed by atoms with E-state index < -0.39 is 0 Å². The highest BCUT2D eigenvalue weighted by Gasteiger charge is 2.05. The van der Waals surface area contributed by atoms with E-state index >= 15 is 0 Å². The van der Waals surface area contributed by atoms with Gasteiger partial charge in [-0.05, 0) is 32.2 Å². The molecule has 0 heterocycles. The number of hydrogen-bond donors (Lipinski definition) is 1. The van der Waals surface area contributed by atoms with Gasteiger partial charge in [-0.15, -0.1) is 0 Å². The number of aryl methyl sites for hydroxylation is 1. The Morgan fingerprint density at radius 3 is 2.79 bits per heavy atom. The normalized spacial score (nSPS) is 12.8. The molecule has 0 saturated heterocycles. The molecule has 1 aromatic rings. The highest BCUT2D eigenvalue weighted by Crippen LogP contribution is 2.09. The third kappa shape index (κ3) is 3.72. The van der Waals surface area contributed by atoms with Crippen molar-refractivity contribution in [2.24, 2.45) is 0 Å². The Hall–Kier alpha value is -0.470. The molecule has 0 aliphatic rings. The minimum atomic E-state index is 0.590. The second-order valence-electron chi connectivity index (χ2n) is 3.63. The Morgan fingerprint density at radius 1 is 1.43 bits per heavy atom. The fraction of sp³-hybridized carbons (Fsp3) is 0.500. The summed E-state index contributed by atoms with van der Waals surface area (Å²) in [5.41, 5.74) is 2.78. The van der Waals surface area contributed by atoms with E-state index in [0.29, 0.717) is 6.04 Å². The van der Waals surface area contributed by atoms with Gasteiger partial charge in [-0.3, -0.25) is 0 Å². The Bertz CT molecular complexity index is 273. The molecule has 1 nitrogen and oxygen atoms in total. The molecule has 0 spiro atoms. The van der Waals surface area contributed by atoms with Crippen LogP contribution in [0.1, 0.15) is 11.1 Å². The summed E-state index contributed by atoms with van der Waals surface area (Å²) in [6, 6.07) is 9.34. The zero-order chi connectivity index (χ0) is 10.4. The third-order valence-electron chi connectivity index (χ3n) is 2.34. The van der Waals surface area contributed by atoms with E-state index in [2.05, 4.69) is 42.8 Å². The van der Waals surface area contributed by atoms with E-state index in [9.17, 15) is 0 Å². The molecule has 78 valence electrons. The first-order valence-corrected chi connectivity index (χ1v) is 6.37. The number of hydrogen-bond acceptors (Lipinski definition) is 2. The number of likely N-dealkylation sites (N-methyl/N-ethyl adjacent to an activating group) is 1. The standard InChI is InChI=1S/C12H19NS/c1-10-5-4-6-11(7-10)8-12(13-2)9-14-3/h4-7,12-13H,8-9H2,1-3H3. The Morgan fingerprint density at radius 2 is 2.21 bits per heavy atom. The van der Waals surface area contributed by atoms with Gasteiger partial charge >= 0.3 is 0 Å². The summed E-state index contributed by atoms with van der Waals surface area (Å²) < 4.78 is 0. The van der Waals surface area contributed by atoms with Crippen LogP contribution in [0.25, 0.3) is 0 Å². The first kappa shape index (κ1) is 11.6. The van der Waals surface area contributed by atoms with Crippen LogP contribution in [-0.2, 0) is 6.42 Å². The minimum Gasteiger partial charge on any atom is -0.316 e. The zero-order valence-corrected chi connectivity index (χ0v) is 10.0. The van der Waals surface area contributed by atoms with Crippen molar-refractivity contribution in [3.8, 4) is 0 Å². The molecule has 0 aliphatic heterocycles. The van der Waals surface area contributed by atoms with Crippen molar-refractivity contribution in [2.45, 2.75) is 19.4 Å². The number of rotatable bonds is 5. The summed E-state index contributed by atoms with van der Waals surface area (Å²) in [6.07, 6.45) is 3.28. The van der Waals surface area contributed by atoms with Crippen LogP contribution in [0.2, 0.25) is 0 Å². The molecule has 0 amide bonds. The van der Waals surface area contributed by atoms with Gasteiger partial charge in [0, 0.05) is 11.8 Å². The topological polar surface area (TPSA) is 12.0 Å². The summed E-state index contributed by atoms with van der Waals surface area (Å²) in [6.45, 7) is 2.15. The smallest absolute Gasteiger partial charge is 0.0195 e. The molecule has 1 unspecified atom stereocenters. The van der Waals surface area contributed by atoms with Crippen LogP contribution in [0.4, 0.5) is 0 Å². The van der Waals surface area contributed by atoms with Crippen molar-refractivity contribution in [1.82, 2.24) is 5.32 Å². The monoisotopic (exact) mass is 209 g/mol. The number of benzene rings is 1. The molecule has 1 N–H and O–H groups in total. The third-order valence-corrected chi connectivity index (χ3v) is 3.08. The Kier molecular flexibility index (Phi) is 5.05. The lowest BCUT2D eigenvalue weighted by molar-refractivity contribution is 0.617. The van der Waals surface area contributed by atoms with Crippen LogP contribution in [0, 0.1) is 6.92 Å². The van der Waals surface area contributed by atoms with Crippen LogP contribution in [0.15, 0.2) is 24.3 Å². The quantitative estimate of drug-likeness (QED) is 0.799. The van der Waals surface area contributed by atoms with Crippen LogP contribution >= 0.6 is 11.8 Å². The summed E-state index contributed by atoms with van der Waals surface area (Å²) in [5.74, 6) is 1.17. The van der Waals surface area contributed by atoms with Crippen LogP contribution < -0.4 is 5.32 Å². The van der Waals surface area contributed by atoms with Gasteiger partial charge in [-0.25, -0.2) is 0 Å². The van der Waals surface area contributed by atoms with Gasteiger partial charge in [0.05, 0.1) is 0 Å². The molecule has 2 heteroatoms. The maximum absolute atomic E-state index is 3.35. The molecule has 0 saturated carbocycles. The lowest BCUT2D eigenvalue weighted by atomic mass is 10.1. The van der Waals surface area contributed by atoms with E-state index in [1.54, 1.807) is 0 Å². The van der Waals surface area contributed by atoms with E-state index in [1.807, 2.05) is 18.8 Å². The Labute approximate surface area is 91.3 Å². The molecule has 14 heavy (non-hydrogen) atoms. The van der Waals surface area contributed by atoms with Crippen molar-refractivity contribution in [3.05, 3.63) is 35.4 Å². The zero-order valence-electron chi connectivity index (χ0n) is 9.21. The second kappa shape index (κ2) is 6.10. The van der Waals surface area contributed by atoms with Crippen molar-refractivity contribution in [3.63, 3.8) is 0 Å². The average molecular weight is 209 g/mol. The SMILES string of the molecule is CNC(CSC)Cc1cccc(C)c1. The Balaban J connectivity index is 2.57. The fourth-order valence-electron chi connectivity index (χ4n) is 1.57. The summed E-state index contributed by atoms with van der Waals surface area (Å²) >= 11 is 1.90. The van der Waals surface area contributed by atoms with E-state index in [4.69, 9.17) is 0 Å². The van der Waals surface area contributed by atoms with Gasteiger partial charge in [0.1, 0.15) is 0 Å².